The normalized spacial score (nSPS) is 25.3. The molecule has 0 spiro atoms. The first-order valence-corrected chi connectivity index (χ1v) is 8.81. The molecule has 1 aromatic rings. The second-order valence-electron chi connectivity index (χ2n) is 5.89. The molecule has 0 amide bonds. The van der Waals surface area contributed by atoms with Gasteiger partial charge in [-0.15, -0.1) is 0 Å². The largest absolute Gasteiger partial charge is 0.474 e. The van der Waals surface area contributed by atoms with E-state index in [0.717, 1.165) is 0 Å². The maximum atomic E-state index is 10.1. The highest BCUT2D eigenvalue weighted by molar-refractivity contribution is 5.35. The smallest absolute Gasteiger partial charge is 0.234 e. The molecule has 1 aromatic heterocycles. The fraction of sp³-hybridized carbons (Fsp3) is 0.750. The third kappa shape index (κ3) is 7.14. The molecule has 1 fully saturated rings. The van der Waals surface area contributed by atoms with Gasteiger partial charge in [0.1, 0.15) is 30.7 Å². The minimum Gasteiger partial charge on any atom is -0.474 e. The van der Waals surface area contributed by atoms with Crippen LogP contribution >= 0.6 is 0 Å². The predicted molar refractivity (Wildman–Crippen MR) is 94.5 cm³/mol. The Morgan fingerprint density at radius 1 is 1.11 bits per heavy atom. The van der Waals surface area contributed by atoms with Crippen molar-refractivity contribution < 1.29 is 34.3 Å². The zero-order chi connectivity index (χ0) is 19.5. The summed E-state index contributed by atoms with van der Waals surface area (Å²) >= 11 is 0. The molecule has 0 saturated carbocycles. The molecular formula is C16H28N4O7. The maximum absolute atomic E-state index is 10.1. The number of ether oxygens (including phenoxy) is 4. The molecule has 27 heavy (non-hydrogen) atoms. The Morgan fingerprint density at radius 3 is 2.59 bits per heavy atom. The summed E-state index contributed by atoms with van der Waals surface area (Å²) in [6.45, 7) is 2.32. The van der Waals surface area contributed by atoms with Crippen LogP contribution in [0.2, 0.25) is 0 Å². The summed E-state index contributed by atoms with van der Waals surface area (Å²) in [5.41, 5.74) is 5.31. The lowest BCUT2D eigenvalue weighted by Crippen LogP contribution is -2.56. The predicted octanol–water partition coefficient (Wildman–Crippen LogP) is -2.26. The molecular weight excluding hydrogens is 360 g/mol. The van der Waals surface area contributed by atoms with Gasteiger partial charge < -0.3 is 45.3 Å². The van der Waals surface area contributed by atoms with Crippen LogP contribution in [0.3, 0.4) is 0 Å². The second kappa shape index (κ2) is 12.0. The van der Waals surface area contributed by atoms with Gasteiger partial charge in [0.15, 0.2) is 0 Å². The molecule has 2 rings (SSSR count). The summed E-state index contributed by atoms with van der Waals surface area (Å²) in [6.07, 6.45) is -0.189. The lowest BCUT2D eigenvalue weighted by molar-refractivity contribution is -0.152. The van der Waals surface area contributed by atoms with Crippen molar-refractivity contribution >= 4 is 5.82 Å². The number of anilines is 1. The van der Waals surface area contributed by atoms with Crippen LogP contribution < -0.4 is 15.8 Å². The Kier molecular flexibility index (Phi) is 9.62. The van der Waals surface area contributed by atoms with Crippen molar-refractivity contribution in [3.8, 4) is 5.88 Å². The molecule has 1 aliphatic rings. The van der Waals surface area contributed by atoms with Crippen molar-refractivity contribution in [2.45, 2.75) is 24.4 Å². The van der Waals surface area contributed by atoms with Gasteiger partial charge in [-0.25, -0.2) is 0 Å². The number of rotatable bonds is 12. The number of aliphatic hydroxyl groups is 3. The van der Waals surface area contributed by atoms with E-state index in [-0.39, 0.29) is 13.2 Å². The van der Waals surface area contributed by atoms with E-state index >= 15 is 0 Å². The van der Waals surface area contributed by atoms with Gasteiger partial charge in [-0.3, -0.25) is 4.98 Å². The van der Waals surface area contributed by atoms with E-state index in [1.807, 2.05) is 0 Å². The topological polar surface area (TPSA) is 161 Å². The number of aliphatic hydroxyl groups excluding tert-OH is 3. The van der Waals surface area contributed by atoms with E-state index in [9.17, 15) is 10.2 Å². The highest BCUT2D eigenvalue weighted by atomic mass is 16.5. The van der Waals surface area contributed by atoms with Crippen molar-refractivity contribution in [2.75, 3.05) is 58.1 Å². The lowest BCUT2D eigenvalue weighted by atomic mass is 9.98. The van der Waals surface area contributed by atoms with Crippen LogP contribution in [0.4, 0.5) is 5.82 Å². The maximum Gasteiger partial charge on any atom is 0.234 e. The van der Waals surface area contributed by atoms with E-state index in [4.69, 9.17) is 29.8 Å². The fourth-order valence-electron chi connectivity index (χ4n) is 2.46. The van der Waals surface area contributed by atoms with Gasteiger partial charge in [0, 0.05) is 6.54 Å². The molecule has 0 radical (unpaired) electrons. The van der Waals surface area contributed by atoms with E-state index in [1.54, 1.807) is 0 Å². The minimum atomic E-state index is -1.19. The first-order chi connectivity index (χ1) is 13.2. The SMILES string of the molecule is NCCOCCOCCOc1cncc(N[C@H]2CO[C@H](CO)[C@H](O)[C@@H]2O)n1. The number of nitrogens with one attached hydrogen (secondary N) is 1. The number of hydrogen-bond acceptors (Lipinski definition) is 11. The molecule has 2 heterocycles. The van der Waals surface area contributed by atoms with Crippen LogP contribution in [0.25, 0.3) is 0 Å². The van der Waals surface area contributed by atoms with Crippen LogP contribution in [-0.4, -0.2) is 102 Å². The zero-order valence-corrected chi connectivity index (χ0v) is 15.1. The van der Waals surface area contributed by atoms with Crippen molar-refractivity contribution in [2.24, 2.45) is 5.73 Å². The zero-order valence-electron chi connectivity index (χ0n) is 15.1. The molecule has 154 valence electrons. The highest BCUT2D eigenvalue weighted by Gasteiger charge is 2.38. The molecule has 0 bridgehead atoms. The Labute approximate surface area is 157 Å². The van der Waals surface area contributed by atoms with Crippen LogP contribution in [0.15, 0.2) is 12.4 Å². The van der Waals surface area contributed by atoms with Crippen LogP contribution in [0.5, 0.6) is 5.88 Å². The first kappa shape index (κ1) is 21.7. The fourth-order valence-corrected chi connectivity index (χ4v) is 2.46. The van der Waals surface area contributed by atoms with E-state index in [0.29, 0.717) is 51.3 Å². The summed E-state index contributed by atoms with van der Waals surface area (Å²) in [5, 5.41) is 32.1. The van der Waals surface area contributed by atoms with E-state index in [1.165, 1.54) is 12.4 Å². The summed E-state index contributed by atoms with van der Waals surface area (Å²) in [6, 6.07) is -0.593. The monoisotopic (exact) mass is 388 g/mol. The van der Waals surface area contributed by atoms with Crippen LogP contribution in [0.1, 0.15) is 0 Å². The van der Waals surface area contributed by atoms with Gasteiger partial charge in [0.25, 0.3) is 0 Å². The third-order valence-electron chi connectivity index (χ3n) is 3.87. The van der Waals surface area contributed by atoms with E-state index < -0.39 is 24.4 Å². The molecule has 0 unspecified atom stereocenters. The summed E-state index contributed by atoms with van der Waals surface area (Å²) in [5.74, 6) is 0.661. The Bertz CT molecular complexity index is 539. The van der Waals surface area contributed by atoms with Gasteiger partial charge in [0.2, 0.25) is 5.88 Å². The molecule has 1 aliphatic heterocycles. The second-order valence-corrected chi connectivity index (χ2v) is 5.89. The average molecular weight is 388 g/mol. The lowest BCUT2D eigenvalue weighted by Gasteiger charge is -2.37. The standard InChI is InChI=1S/C16H28N4O7/c17-1-2-24-3-4-25-5-6-26-14-8-18-7-13(20-14)19-11-10-27-12(9-21)16(23)15(11)22/h7-8,11-12,15-16,21-23H,1-6,9-10,17H2,(H,19,20)/t11-,12+,15+,16-/m0/s1. The molecule has 11 heteroatoms. The van der Waals surface area contributed by atoms with Crippen molar-refractivity contribution in [3.63, 3.8) is 0 Å². The Morgan fingerprint density at radius 2 is 1.85 bits per heavy atom. The quantitative estimate of drug-likeness (QED) is 0.246. The summed E-state index contributed by atoms with van der Waals surface area (Å²) < 4.78 is 21.3. The number of nitrogens with zero attached hydrogens (tertiary/aromatic N) is 2. The highest BCUT2D eigenvalue weighted by Crippen LogP contribution is 2.19. The van der Waals surface area contributed by atoms with Gasteiger partial charge in [-0.05, 0) is 0 Å². The average Bonchev–Trinajstić information content (AvgIpc) is 2.68. The molecule has 11 nitrogen and oxygen atoms in total. The number of aromatic nitrogens is 2. The molecule has 0 aromatic carbocycles. The molecule has 4 atom stereocenters. The number of hydrogen-bond donors (Lipinski definition) is 5. The summed E-state index contributed by atoms with van der Waals surface area (Å²) in [7, 11) is 0. The third-order valence-corrected chi connectivity index (χ3v) is 3.87. The van der Waals surface area contributed by atoms with Crippen molar-refractivity contribution in [1.29, 1.82) is 0 Å². The molecule has 6 N–H and O–H groups in total. The van der Waals surface area contributed by atoms with Crippen LogP contribution in [-0.2, 0) is 14.2 Å². The summed E-state index contributed by atoms with van der Waals surface area (Å²) in [4.78, 5) is 8.26. The van der Waals surface area contributed by atoms with Gasteiger partial charge in [0.05, 0.1) is 58.1 Å². The van der Waals surface area contributed by atoms with Crippen molar-refractivity contribution in [3.05, 3.63) is 12.4 Å². The molecule has 1 saturated heterocycles. The van der Waals surface area contributed by atoms with Crippen molar-refractivity contribution in [1.82, 2.24) is 9.97 Å². The van der Waals surface area contributed by atoms with Gasteiger partial charge >= 0.3 is 0 Å². The molecule has 0 aliphatic carbocycles. The number of nitrogens with two attached hydrogens (primary N) is 1. The van der Waals surface area contributed by atoms with Gasteiger partial charge in [-0.1, -0.05) is 0 Å². The Balaban J connectivity index is 1.72. The van der Waals surface area contributed by atoms with Crippen LogP contribution in [0, 0.1) is 0 Å². The first-order valence-electron chi connectivity index (χ1n) is 8.81. The minimum absolute atomic E-state index is 0.107. The Hall–Kier alpha value is -1.60. The van der Waals surface area contributed by atoms with E-state index in [2.05, 4.69) is 15.3 Å². The van der Waals surface area contributed by atoms with Gasteiger partial charge in [-0.2, -0.15) is 4.98 Å².